The minimum absolute atomic E-state index is 0.104. The molecule has 0 aliphatic carbocycles. The van der Waals surface area contributed by atoms with E-state index in [4.69, 9.17) is 21.3 Å². The average molecular weight is 578 g/mol. The van der Waals surface area contributed by atoms with E-state index in [1.54, 1.807) is 24.7 Å². The number of benzene rings is 1. The van der Waals surface area contributed by atoms with Crippen LogP contribution in [0, 0.1) is 5.82 Å². The molecule has 8 nitrogen and oxygen atoms in total. The summed E-state index contributed by atoms with van der Waals surface area (Å²) in [5.41, 5.74) is 0.395. The van der Waals surface area contributed by atoms with Gasteiger partial charge in [0, 0.05) is 78.1 Å². The van der Waals surface area contributed by atoms with Gasteiger partial charge in [0.2, 0.25) is 0 Å². The Morgan fingerprint density at radius 2 is 1.95 bits per heavy atom. The lowest BCUT2D eigenvalue weighted by atomic mass is 9.95. The minimum atomic E-state index is -0.865. The predicted octanol–water partition coefficient (Wildman–Crippen LogP) is 4.93. The monoisotopic (exact) mass is 577 g/mol. The predicted molar refractivity (Wildman–Crippen MR) is 154 cm³/mol. The number of hydrogen-bond donors (Lipinski definition) is 1. The van der Waals surface area contributed by atoms with E-state index in [1.807, 2.05) is 12.1 Å². The van der Waals surface area contributed by atoms with Gasteiger partial charge in [-0.25, -0.2) is 8.78 Å². The molecule has 0 saturated carbocycles. The Labute approximate surface area is 241 Å². The molecule has 1 aromatic carbocycles. The normalized spacial score (nSPS) is 27.7. The molecule has 0 radical (unpaired) electrons. The van der Waals surface area contributed by atoms with Crippen molar-refractivity contribution < 1.29 is 13.5 Å². The summed E-state index contributed by atoms with van der Waals surface area (Å²) in [6, 6.07) is 6.31. The first kappa shape index (κ1) is 25.5. The van der Waals surface area contributed by atoms with Crippen LogP contribution >= 0.6 is 11.6 Å². The molecule has 8 rings (SSSR count). The Morgan fingerprint density at radius 1 is 1.10 bits per heavy atom. The number of nitrogens with zero attached hydrogens (tertiary/aromatic N) is 6. The Balaban J connectivity index is 1.25. The summed E-state index contributed by atoms with van der Waals surface area (Å²) < 4.78 is 37.2. The third-order valence-corrected chi connectivity index (χ3v) is 9.69. The fourth-order valence-corrected chi connectivity index (χ4v) is 7.78. The fourth-order valence-electron chi connectivity index (χ4n) is 7.50. The third-order valence-electron chi connectivity index (χ3n) is 9.38. The molecule has 4 fully saturated rings. The maximum Gasteiger partial charge on any atom is 0.319 e. The van der Waals surface area contributed by atoms with E-state index < -0.39 is 12.0 Å². The van der Waals surface area contributed by atoms with E-state index in [2.05, 4.69) is 30.1 Å². The maximum atomic E-state index is 16.5. The van der Waals surface area contributed by atoms with Crippen molar-refractivity contribution in [3.05, 3.63) is 47.6 Å². The molecular formula is C30H30ClF2N7O. The van der Waals surface area contributed by atoms with Crippen molar-refractivity contribution in [3.63, 3.8) is 0 Å². The molecule has 0 spiro atoms. The van der Waals surface area contributed by atoms with Crippen molar-refractivity contribution in [1.82, 2.24) is 30.2 Å². The number of hydrogen-bond acceptors (Lipinski definition) is 8. The van der Waals surface area contributed by atoms with Crippen molar-refractivity contribution in [2.45, 2.75) is 55.9 Å². The van der Waals surface area contributed by atoms with Crippen molar-refractivity contribution in [3.8, 4) is 17.3 Å². The largest absolute Gasteiger partial charge is 0.461 e. The number of ether oxygens (including phenoxy) is 1. The third kappa shape index (κ3) is 4.21. The highest BCUT2D eigenvalue weighted by atomic mass is 35.5. The molecule has 4 atom stereocenters. The van der Waals surface area contributed by atoms with Crippen LogP contribution in [0.3, 0.4) is 0 Å². The number of piperazine rings is 1. The number of anilines is 1. The van der Waals surface area contributed by atoms with E-state index in [9.17, 15) is 4.39 Å². The van der Waals surface area contributed by atoms with E-state index in [0.717, 1.165) is 50.7 Å². The summed E-state index contributed by atoms with van der Waals surface area (Å²) in [6.45, 7) is 3.09. The smallest absolute Gasteiger partial charge is 0.319 e. The zero-order chi connectivity index (χ0) is 27.7. The van der Waals surface area contributed by atoms with Crippen LogP contribution in [-0.2, 0) is 0 Å². The van der Waals surface area contributed by atoms with E-state index in [1.165, 1.54) is 0 Å². The van der Waals surface area contributed by atoms with Crippen LogP contribution in [0.2, 0.25) is 5.02 Å². The number of pyridine rings is 2. The maximum absolute atomic E-state index is 16.5. The first-order valence-electron chi connectivity index (χ1n) is 14.4. The van der Waals surface area contributed by atoms with Crippen LogP contribution in [0.4, 0.5) is 14.6 Å². The van der Waals surface area contributed by atoms with Gasteiger partial charge in [0.15, 0.2) is 5.82 Å². The summed E-state index contributed by atoms with van der Waals surface area (Å²) in [5, 5.41) is 6.14. The highest BCUT2D eigenvalue weighted by Gasteiger charge is 2.49. The Kier molecular flexibility index (Phi) is 6.02. The molecule has 2 unspecified atom stereocenters. The summed E-state index contributed by atoms with van der Waals surface area (Å²) >= 11 is 6.56. The molecule has 4 aliphatic rings. The second kappa shape index (κ2) is 9.68. The first-order valence-corrected chi connectivity index (χ1v) is 14.8. The van der Waals surface area contributed by atoms with Gasteiger partial charge in [0.25, 0.3) is 0 Å². The fraction of sp³-hybridized carbons (Fsp3) is 0.467. The summed E-state index contributed by atoms with van der Waals surface area (Å²) in [4.78, 5) is 22.7. The lowest BCUT2D eigenvalue weighted by Gasteiger charge is -2.34. The zero-order valence-corrected chi connectivity index (χ0v) is 23.2. The summed E-state index contributed by atoms with van der Waals surface area (Å²) in [6.07, 6.45) is 8.58. The highest BCUT2D eigenvalue weighted by molar-refractivity contribution is 6.36. The van der Waals surface area contributed by atoms with Gasteiger partial charge in [-0.05, 0) is 38.3 Å². The van der Waals surface area contributed by atoms with Crippen molar-refractivity contribution >= 4 is 39.1 Å². The van der Waals surface area contributed by atoms with Crippen LogP contribution in [-0.4, -0.2) is 81.4 Å². The van der Waals surface area contributed by atoms with Gasteiger partial charge in [-0.3, -0.25) is 14.9 Å². The lowest BCUT2D eigenvalue weighted by molar-refractivity contribution is 0.107. The van der Waals surface area contributed by atoms with E-state index >= 15 is 4.39 Å². The molecule has 4 aliphatic heterocycles. The molecule has 7 heterocycles. The second-order valence-corrected chi connectivity index (χ2v) is 12.4. The van der Waals surface area contributed by atoms with Crippen molar-refractivity contribution in [2.75, 3.05) is 37.7 Å². The highest BCUT2D eigenvalue weighted by Crippen LogP contribution is 2.41. The molecule has 2 bridgehead atoms. The number of aromatic nitrogens is 4. The lowest BCUT2D eigenvalue weighted by Crippen LogP contribution is -2.51. The van der Waals surface area contributed by atoms with E-state index in [-0.39, 0.29) is 29.4 Å². The first-order chi connectivity index (χ1) is 20.0. The van der Waals surface area contributed by atoms with Crippen LogP contribution in [0.25, 0.3) is 32.9 Å². The molecule has 4 aromatic rings. The standard InChI is InChI=1S/C30H30ClF2N7O/c31-23-4-1-3-17-10-34-11-21(24(17)23)26-25(33)27-22(12-35-26)28(39-14-19-5-6-20(15-39)36-19)38-29(37-27)41-16-30-7-2-8-40(30)13-18(32)9-30/h1,3-4,10-12,18-20,36H,2,5-9,13-16H2/t18-,19?,20?,30+/m0/s1. The SMILES string of the molecule is Fc1c(-c2cncc3cccc(Cl)c23)ncc2c(N3CC4CCC(C3)N4)nc(OC[C@]34CCCN3C[C@@H](F)C4)nc12. The average Bonchev–Trinajstić information content (AvgIpc) is 3.62. The van der Waals surface area contributed by atoms with Gasteiger partial charge >= 0.3 is 6.01 Å². The Bertz CT molecular complexity index is 1660. The van der Waals surface area contributed by atoms with Gasteiger partial charge in [0.1, 0.15) is 29.8 Å². The quantitative estimate of drug-likeness (QED) is 0.358. The van der Waals surface area contributed by atoms with E-state index in [0.29, 0.717) is 52.2 Å². The Morgan fingerprint density at radius 3 is 2.80 bits per heavy atom. The van der Waals surface area contributed by atoms with Crippen LogP contribution < -0.4 is 15.0 Å². The number of nitrogens with one attached hydrogen (secondary N) is 1. The molecule has 4 saturated heterocycles. The Hall–Kier alpha value is -3.21. The summed E-state index contributed by atoms with van der Waals surface area (Å²) in [5.74, 6) is 0.0414. The molecular weight excluding hydrogens is 548 g/mol. The number of fused-ring (bicyclic) bond motifs is 5. The molecule has 41 heavy (non-hydrogen) atoms. The second-order valence-electron chi connectivity index (χ2n) is 11.9. The molecule has 0 amide bonds. The molecule has 11 heteroatoms. The number of rotatable bonds is 5. The summed E-state index contributed by atoms with van der Waals surface area (Å²) in [7, 11) is 0. The zero-order valence-electron chi connectivity index (χ0n) is 22.5. The van der Waals surface area contributed by atoms with Crippen molar-refractivity contribution in [1.29, 1.82) is 0 Å². The van der Waals surface area contributed by atoms with Crippen LogP contribution in [0.5, 0.6) is 6.01 Å². The van der Waals surface area contributed by atoms with Gasteiger partial charge in [-0.1, -0.05) is 23.7 Å². The number of alkyl halides is 1. The van der Waals surface area contributed by atoms with Gasteiger partial charge in [-0.2, -0.15) is 9.97 Å². The van der Waals surface area contributed by atoms with Gasteiger partial charge < -0.3 is 15.0 Å². The number of halogens is 3. The van der Waals surface area contributed by atoms with Crippen LogP contribution in [0.1, 0.15) is 32.1 Å². The topological polar surface area (TPSA) is 79.3 Å². The molecule has 1 N–H and O–H groups in total. The van der Waals surface area contributed by atoms with Crippen molar-refractivity contribution in [2.24, 2.45) is 0 Å². The molecule has 3 aromatic heterocycles. The molecule has 212 valence electrons. The van der Waals surface area contributed by atoms with Crippen LogP contribution in [0.15, 0.2) is 36.8 Å². The van der Waals surface area contributed by atoms with Gasteiger partial charge in [0.05, 0.1) is 10.9 Å². The minimum Gasteiger partial charge on any atom is -0.461 e. The van der Waals surface area contributed by atoms with Gasteiger partial charge in [-0.15, -0.1) is 0 Å².